The Hall–Kier alpha value is -2.88. The van der Waals surface area contributed by atoms with E-state index in [2.05, 4.69) is 16.3 Å². The maximum atomic E-state index is 8.96. The molecule has 0 aliphatic heterocycles. The van der Waals surface area contributed by atoms with Gasteiger partial charge in [0.05, 0.1) is 28.1 Å². The Bertz CT molecular complexity index is 1150. The van der Waals surface area contributed by atoms with Gasteiger partial charge in [0, 0.05) is 16.0 Å². The quantitative estimate of drug-likeness (QED) is 0.420. The lowest BCUT2D eigenvalue weighted by molar-refractivity contribution is 0.466. The maximum Gasteiger partial charge on any atom is 0.278 e. The fourth-order valence-electron chi connectivity index (χ4n) is 2.66. The summed E-state index contributed by atoms with van der Waals surface area (Å²) in [5.74, 6) is 0.399. The summed E-state index contributed by atoms with van der Waals surface area (Å²) in [6, 6.07) is 19.4. The second-order valence-electron chi connectivity index (χ2n) is 5.84. The average Bonchev–Trinajstić information content (AvgIpc) is 3.15. The topological polar surface area (TPSA) is 75.6 Å². The van der Waals surface area contributed by atoms with Crippen molar-refractivity contribution in [3.8, 4) is 28.8 Å². The molecule has 7 heteroatoms. The van der Waals surface area contributed by atoms with Crippen molar-refractivity contribution in [3.05, 3.63) is 59.6 Å². The standard InChI is InChI=1S/C20H13ClN4OS/c1-12(11-22)27-20-25-24-19(26-20)16-10-18(13-6-8-14(21)9-7-13)23-17-5-3-2-4-15(16)17/h2-10,12H,1H3. The highest BCUT2D eigenvalue weighted by Crippen LogP contribution is 2.33. The third-order valence-electron chi connectivity index (χ3n) is 3.95. The normalized spacial score (nSPS) is 12.0. The van der Waals surface area contributed by atoms with Crippen molar-refractivity contribution in [2.75, 3.05) is 0 Å². The van der Waals surface area contributed by atoms with E-state index in [1.165, 1.54) is 11.8 Å². The molecule has 0 saturated carbocycles. The molecular weight excluding hydrogens is 380 g/mol. The van der Waals surface area contributed by atoms with Crippen molar-refractivity contribution in [2.45, 2.75) is 17.4 Å². The smallest absolute Gasteiger partial charge is 0.278 e. The Labute approximate surface area is 165 Å². The number of hydrogen-bond acceptors (Lipinski definition) is 6. The van der Waals surface area contributed by atoms with E-state index < -0.39 is 0 Å². The van der Waals surface area contributed by atoms with Crippen LogP contribution < -0.4 is 0 Å². The van der Waals surface area contributed by atoms with E-state index in [1.807, 2.05) is 54.6 Å². The molecule has 2 aromatic carbocycles. The predicted octanol–water partition coefficient (Wildman–Crippen LogP) is 5.61. The first-order valence-corrected chi connectivity index (χ1v) is 9.45. The van der Waals surface area contributed by atoms with Crippen LogP contribution in [-0.2, 0) is 0 Å². The minimum Gasteiger partial charge on any atom is -0.411 e. The molecule has 0 saturated heterocycles. The first-order chi connectivity index (χ1) is 13.1. The maximum absolute atomic E-state index is 8.96. The Morgan fingerprint density at radius 3 is 2.67 bits per heavy atom. The van der Waals surface area contributed by atoms with Crippen molar-refractivity contribution >= 4 is 34.3 Å². The van der Waals surface area contributed by atoms with E-state index in [0.717, 1.165) is 27.7 Å². The predicted molar refractivity (Wildman–Crippen MR) is 106 cm³/mol. The van der Waals surface area contributed by atoms with Gasteiger partial charge in [-0.3, -0.25) is 0 Å². The van der Waals surface area contributed by atoms with Crippen molar-refractivity contribution in [1.82, 2.24) is 15.2 Å². The zero-order valence-electron chi connectivity index (χ0n) is 14.3. The summed E-state index contributed by atoms with van der Waals surface area (Å²) >= 11 is 7.23. The SMILES string of the molecule is CC(C#N)Sc1nnc(-c2cc(-c3ccc(Cl)cc3)nc3ccccc23)o1. The van der Waals surface area contributed by atoms with Crippen LogP contribution in [0.2, 0.25) is 5.02 Å². The lowest BCUT2D eigenvalue weighted by Gasteiger charge is -2.07. The van der Waals surface area contributed by atoms with Crippen LogP contribution >= 0.6 is 23.4 Å². The lowest BCUT2D eigenvalue weighted by Crippen LogP contribution is -1.90. The highest BCUT2D eigenvalue weighted by atomic mass is 35.5. The molecule has 1 unspecified atom stereocenters. The number of para-hydroxylation sites is 1. The molecule has 132 valence electrons. The van der Waals surface area contributed by atoms with E-state index in [9.17, 15) is 0 Å². The number of fused-ring (bicyclic) bond motifs is 1. The van der Waals surface area contributed by atoms with Crippen LogP contribution in [0.5, 0.6) is 0 Å². The van der Waals surface area contributed by atoms with Gasteiger partial charge in [-0.05, 0) is 43.0 Å². The first-order valence-electron chi connectivity index (χ1n) is 8.20. The van der Waals surface area contributed by atoms with Gasteiger partial charge in [0.1, 0.15) is 0 Å². The number of thioether (sulfide) groups is 1. The lowest BCUT2D eigenvalue weighted by atomic mass is 10.0. The van der Waals surface area contributed by atoms with Crippen LogP contribution in [0.3, 0.4) is 0 Å². The molecule has 0 amide bonds. The van der Waals surface area contributed by atoms with Crippen LogP contribution in [0.15, 0.2) is 64.2 Å². The van der Waals surface area contributed by atoms with Crippen LogP contribution in [-0.4, -0.2) is 20.4 Å². The van der Waals surface area contributed by atoms with Gasteiger partial charge >= 0.3 is 0 Å². The number of hydrogen-bond donors (Lipinski definition) is 0. The van der Waals surface area contributed by atoms with Gasteiger partial charge in [-0.15, -0.1) is 10.2 Å². The number of rotatable bonds is 4. The van der Waals surface area contributed by atoms with Crippen molar-refractivity contribution in [1.29, 1.82) is 5.26 Å². The van der Waals surface area contributed by atoms with Crippen molar-refractivity contribution in [2.24, 2.45) is 0 Å². The molecule has 0 aliphatic rings. The summed E-state index contributed by atoms with van der Waals surface area (Å²) in [6.07, 6.45) is 0. The highest BCUT2D eigenvalue weighted by Gasteiger charge is 2.16. The zero-order chi connectivity index (χ0) is 18.8. The van der Waals surface area contributed by atoms with E-state index in [0.29, 0.717) is 16.1 Å². The van der Waals surface area contributed by atoms with Gasteiger partial charge in [0.15, 0.2) is 0 Å². The van der Waals surface area contributed by atoms with E-state index in [1.54, 1.807) is 6.92 Å². The van der Waals surface area contributed by atoms with Gasteiger partial charge in [0.2, 0.25) is 5.89 Å². The molecule has 4 rings (SSSR count). The first kappa shape index (κ1) is 17.5. The third-order valence-corrected chi connectivity index (χ3v) is 5.03. The van der Waals surface area contributed by atoms with Crippen molar-refractivity contribution in [3.63, 3.8) is 0 Å². The summed E-state index contributed by atoms with van der Waals surface area (Å²) in [6.45, 7) is 1.79. The fourth-order valence-corrected chi connectivity index (χ4v) is 3.36. The van der Waals surface area contributed by atoms with Crippen LogP contribution in [0.1, 0.15) is 6.92 Å². The van der Waals surface area contributed by atoms with E-state index in [4.69, 9.17) is 26.3 Å². The Balaban J connectivity index is 1.84. The third kappa shape index (κ3) is 3.65. The Kier molecular flexibility index (Phi) is 4.80. The van der Waals surface area contributed by atoms with Gasteiger partial charge < -0.3 is 4.42 Å². The molecule has 0 radical (unpaired) electrons. The highest BCUT2D eigenvalue weighted by molar-refractivity contribution is 7.99. The average molecular weight is 393 g/mol. The summed E-state index contributed by atoms with van der Waals surface area (Å²) in [7, 11) is 0. The zero-order valence-corrected chi connectivity index (χ0v) is 15.8. The molecule has 0 N–H and O–H groups in total. The Morgan fingerprint density at radius 2 is 1.89 bits per heavy atom. The molecule has 0 spiro atoms. The minimum absolute atomic E-state index is 0.267. The number of pyridine rings is 1. The molecule has 2 aromatic heterocycles. The molecule has 5 nitrogen and oxygen atoms in total. The second kappa shape index (κ2) is 7.39. The number of halogens is 1. The van der Waals surface area contributed by atoms with Gasteiger partial charge in [-0.25, -0.2) is 4.98 Å². The molecule has 27 heavy (non-hydrogen) atoms. The largest absolute Gasteiger partial charge is 0.411 e. The monoisotopic (exact) mass is 392 g/mol. The fraction of sp³-hybridized carbons (Fsp3) is 0.100. The molecule has 0 fully saturated rings. The van der Waals surface area contributed by atoms with Crippen molar-refractivity contribution < 1.29 is 4.42 Å². The summed E-state index contributed by atoms with van der Waals surface area (Å²) in [5, 5.41) is 18.9. The summed E-state index contributed by atoms with van der Waals surface area (Å²) in [5.41, 5.74) is 3.36. The van der Waals surface area contributed by atoms with Gasteiger partial charge in [0.25, 0.3) is 5.22 Å². The minimum atomic E-state index is -0.267. The van der Waals surface area contributed by atoms with Gasteiger partial charge in [-0.1, -0.05) is 41.9 Å². The molecule has 0 aliphatic carbocycles. The van der Waals surface area contributed by atoms with E-state index >= 15 is 0 Å². The van der Waals surface area contributed by atoms with Crippen LogP contribution in [0, 0.1) is 11.3 Å². The molecule has 0 bridgehead atoms. The number of benzene rings is 2. The number of aromatic nitrogens is 3. The summed E-state index contributed by atoms with van der Waals surface area (Å²) < 4.78 is 5.80. The number of nitrogens with zero attached hydrogens (tertiary/aromatic N) is 4. The summed E-state index contributed by atoms with van der Waals surface area (Å²) in [4.78, 5) is 4.75. The molecule has 1 atom stereocenters. The van der Waals surface area contributed by atoms with Crippen LogP contribution in [0.25, 0.3) is 33.6 Å². The number of nitriles is 1. The van der Waals surface area contributed by atoms with E-state index in [-0.39, 0.29) is 5.25 Å². The van der Waals surface area contributed by atoms with Gasteiger partial charge in [-0.2, -0.15) is 5.26 Å². The molecule has 4 aromatic rings. The second-order valence-corrected chi connectivity index (χ2v) is 7.57. The van der Waals surface area contributed by atoms with Crippen LogP contribution in [0.4, 0.5) is 0 Å². The Morgan fingerprint density at radius 1 is 1.11 bits per heavy atom. The molecule has 2 heterocycles. The molecular formula is C20H13ClN4OS.